The Balaban J connectivity index is 1.55. The zero-order chi connectivity index (χ0) is 14.0. The van der Waals surface area contributed by atoms with Crippen LogP contribution in [0.3, 0.4) is 0 Å². The molecule has 0 saturated heterocycles. The van der Waals surface area contributed by atoms with E-state index in [2.05, 4.69) is 36.5 Å². The normalized spacial score (nSPS) is 33.1. The zero-order valence-electron chi connectivity index (χ0n) is 12.3. The Morgan fingerprint density at radius 3 is 2.75 bits per heavy atom. The van der Waals surface area contributed by atoms with Crippen molar-refractivity contribution in [2.45, 2.75) is 54.7 Å². The van der Waals surface area contributed by atoms with Crippen LogP contribution >= 0.6 is 11.8 Å². The van der Waals surface area contributed by atoms with Gasteiger partial charge >= 0.3 is 0 Å². The van der Waals surface area contributed by atoms with Crippen molar-refractivity contribution in [3.05, 3.63) is 29.8 Å². The smallest absolute Gasteiger partial charge is 0.0613 e. The average molecular weight is 291 g/mol. The zero-order valence-corrected chi connectivity index (χ0v) is 13.1. The fourth-order valence-corrected chi connectivity index (χ4v) is 4.65. The lowest BCUT2D eigenvalue weighted by Crippen LogP contribution is -2.52. The Kier molecular flexibility index (Phi) is 4.39. The molecule has 3 rings (SSSR count). The third-order valence-corrected chi connectivity index (χ3v) is 6.27. The molecule has 2 N–H and O–H groups in total. The van der Waals surface area contributed by atoms with E-state index < -0.39 is 0 Å². The van der Waals surface area contributed by atoms with Crippen molar-refractivity contribution in [1.82, 2.24) is 5.32 Å². The fourth-order valence-electron chi connectivity index (χ4n) is 3.40. The van der Waals surface area contributed by atoms with Gasteiger partial charge in [0.25, 0.3) is 0 Å². The summed E-state index contributed by atoms with van der Waals surface area (Å²) >= 11 is 1.99. The SMILES string of the molecule is CC1CCC(CO)(NCC2Cc3ccccc3S2)CC1. The van der Waals surface area contributed by atoms with Gasteiger partial charge < -0.3 is 10.4 Å². The lowest BCUT2D eigenvalue weighted by molar-refractivity contribution is 0.106. The Morgan fingerprint density at radius 2 is 2.05 bits per heavy atom. The molecule has 1 fully saturated rings. The first-order valence-corrected chi connectivity index (χ1v) is 8.69. The van der Waals surface area contributed by atoms with Crippen molar-refractivity contribution in [2.24, 2.45) is 5.92 Å². The van der Waals surface area contributed by atoms with Gasteiger partial charge in [-0.1, -0.05) is 25.1 Å². The minimum absolute atomic E-state index is 0.0121. The maximum absolute atomic E-state index is 9.81. The third kappa shape index (κ3) is 3.05. The highest BCUT2D eigenvalue weighted by Gasteiger charge is 2.34. The van der Waals surface area contributed by atoms with Crippen LogP contribution in [-0.2, 0) is 6.42 Å². The summed E-state index contributed by atoms with van der Waals surface area (Å²) in [6, 6.07) is 8.73. The summed E-state index contributed by atoms with van der Waals surface area (Å²) in [5.41, 5.74) is 1.47. The van der Waals surface area contributed by atoms with Gasteiger partial charge in [0.15, 0.2) is 0 Å². The molecular formula is C17H25NOS. The van der Waals surface area contributed by atoms with Crippen molar-refractivity contribution >= 4 is 11.8 Å². The van der Waals surface area contributed by atoms with Gasteiger partial charge in [0.05, 0.1) is 6.61 Å². The molecular weight excluding hydrogens is 266 g/mol. The molecule has 1 aliphatic heterocycles. The second kappa shape index (κ2) is 6.08. The van der Waals surface area contributed by atoms with E-state index in [0.29, 0.717) is 5.25 Å². The molecule has 0 bridgehead atoms. The predicted octanol–water partition coefficient (Wildman–Crippen LogP) is 3.23. The Morgan fingerprint density at radius 1 is 1.30 bits per heavy atom. The molecule has 2 aliphatic rings. The number of aliphatic hydroxyl groups excluding tert-OH is 1. The summed E-state index contributed by atoms with van der Waals surface area (Å²) in [5.74, 6) is 0.821. The first kappa shape index (κ1) is 14.4. The number of nitrogens with one attached hydrogen (secondary N) is 1. The van der Waals surface area contributed by atoms with Gasteiger partial charge in [0.1, 0.15) is 0 Å². The van der Waals surface area contributed by atoms with Gasteiger partial charge in [-0.3, -0.25) is 0 Å². The van der Waals surface area contributed by atoms with Crippen LogP contribution in [0.5, 0.6) is 0 Å². The molecule has 2 nitrogen and oxygen atoms in total. The topological polar surface area (TPSA) is 32.3 Å². The molecule has 1 aliphatic carbocycles. The van der Waals surface area contributed by atoms with E-state index in [0.717, 1.165) is 31.7 Å². The molecule has 1 heterocycles. The number of hydrogen-bond donors (Lipinski definition) is 2. The third-order valence-electron chi connectivity index (χ3n) is 4.95. The van der Waals surface area contributed by atoms with Crippen LogP contribution in [-0.4, -0.2) is 29.0 Å². The number of hydrogen-bond acceptors (Lipinski definition) is 3. The first-order chi connectivity index (χ1) is 9.71. The number of benzene rings is 1. The van der Waals surface area contributed by atoms with Gasteiger partial charge in [-0.05, 0) is 49.7 Å². The molecule has 20 heavy (non-hydrogen) atoms. The lowest BCUT2D eigenvalue weighted by Gasteiger charge is -2.39. The fraction of sp³-hybridized carbons (Fsp3) is 0.647. The summed E-state index contributed by atoms with van der Waals surface area (Å²) < 4.78 is 0. The highest BCUT2D eigenvalue weighted by Crippen LogP contribution is 2.37. The van der Waals surface area contributed by atoms with Crippen molar-refractivity contribution < 1.29 is 5.11 Å². The molecule has 1 atom stereocenters. The van der Waals surface area contributed by atoms with E-state index in [1.165, 1.54) is 23.3 Å². The van der Waals surface area contributed by atoms with Gasteiger partial charge in [-0.25, -0.2) is 0 Å². The van der Waals surface area contributed by atoms with E-state index in [4.69, 9.17) is 0 Å². The maximum atomic E-state index is 9.81. The summed E-state index contributed by atoms with van der Waals surface area (Å²) in [7, 11) is 0. The van der Waals surface area contributed by atoms with E-state index in [9.17, 15) is 5.11 Å². The molecule has 1 saturated carbocycles. The predicted molar refractivity (Wildman–Crippen MR) is 85.2 cm³/mol. The Labute approximate surface area is 126 Å². The highest BCUT2D eigenvalue weighted by molar-refractivity contribution is 8.00. The quantitative estimate of drug-likeness (QED) is 0.893. The van der Waals surface area contributed by atoms with E-state index >= 15 is 0 Å². The monoisotopic (exact) mass is 291 g/mol. The largest absolute Gasteiger partial charge is 0.394 e. The van der Waals surface area contributed by atoms with Crippen LogP contribution in [0.15, 0.2) is 29.2 Å². The molecule has 1 aromatic rings. The summed E-state index contributed by atoms with van der Waals surface area (Å²) in [5, 5.41) is 14.1. The summed E-state index contributed by atoms with van der Waals surface area (Å²) in [4.78, 5) is 1.44. The average Bonchev–Trinajstić information content (AvgIpc) is 2.90. The maximum Gasteiger partial charge on any atom is 0.0613 e. The van der Waals surface area contributed by atoms with Crippen molar-refractivity contribution in [3.8, 4) is 0 Å². The summed E-state index contributed by atoms with van der Waals surface area (Å²) in [6.07, 6.45) is 5.88. The van der Waals surface area contributed by atoms with Gasteiger partial charge in [-0.2, -0.15) is 0 Å². The van der Waals surface area contributed by atoms with Crippen molar-refractivity contribution in [1.29, 1.82) is 0 Å². The number of fused-ring (bicyclic) bond motifs is 1. The van der Waals surface area contributed by atoms with Gasteiger partial charge in [0.2, 0.25) is 0 Å². The molecule has 1 unspecified atom stereocenters. The molecule has 1 aromatic carbocycles. The van der Waals surface area contributed by atoms with Gasteiger partial charge in [0, 0.05) is 22.2 Å². The van der Waals surface area contributed by atoms with Crippen LogP contribution in [0.4, 0.5) is 0 Å². The second-order valence-electron chi connectivity index (χ2n) is 6.55. The van der Waals surface area contributed by atoms with Crippen LogP contribution in [0.1, 0.15) is 38.2 Å². The van der Waals surface area contributed by atoms with Crippen LogP contribution in [0.25, 0.3) is 0 Å². The minimum atomic E-state index is -0.0121. The van der Waals surface area contributed by atoms with Crippen LogP contribution in [0, 0.1) is 5.92 Å². The van der Waals surface area contributed by atoms with Crippen molar-refractivity contribution in [2.75, 3.05) is 13.2 Å². The summed E-state index contributed by atoms with van der Waals surface area (Å²) in [6.45, 7) is 3.61. The lowest BCUT2D eigenvalue weighted by atomic mass is 9.77. The van der Waals surface area contributed by atoms with Crippen molar-refractivity contribution in [3.63, 3.8) is 0 Å². The van der Waals surface area contributed by atoms with Crippen LogP contribution < -0.4 is 5.32 Å². The Bertz CT molecular complexity index is 429. The molecule has 0 spiro atoms. The van der Waals surface area contributed by atoms with E-state index in [1.807, 2.05) is 11.8 Å². The molecule has 0 amide bonds. The van der Waals surface area contributed by atoms with Crippen LogP contribution in [0.2, 0.25) is 0 Å². The van der Waals surface area contributed by atoms with E-state index in [1.54, 1.807) is 0 Å². The van der Waals surface area contributed by atoms with E-state index in [-0.39, 0.29) is 12.1 Å². The Hall–Kier alpha value is -0.510. The molecule has 110 valence electrons. The van der Waals surface area contributed by atoms with Gasteiger partial charge in [-0.15, -0.1) is 11.8 Å². The first-order valence-electron chi connectivity index (χ1n) is 7.81. The highest BCUT2D eigenvalue weighted by atomic mass is 32.2. The number of thioether (sulfide) groups is 1. The molecule has 3 heteroatoms. The number of rotatable bonds is 4. The second-order valence-corrected chi connectivity index (χ2v) is 7.90. The minimum Gasteiger partial charge on any atom is -0.394 e. The molecule has 0 radical (unpaired) electrons. The number of aliphatic hydroxyl groups is 1. The standard InChI is InChI=1S/C17H25NOS/c1-13-6-8-17(12-19,9-7-13)18-11-15-10-14-4-2-3-5-16(14)20-15/h2-5,13,15,18-19H,6-12H2,1H3. The molecule has 0 aromatic heterocycles.